The fourth-order valence-corrected chi connectivity index (χ4v) is 8.01. The summed E-state index contributed by atoms with van der Waals surface area (Å²) in [6.45, 7) is 5.04. The Bertz CT molecular complexity index is 1140. The van der Waals surface area contributed by atoms with E-state index < -0.39 is 0 Å². The summed E-state index contributed by atoms with van der Waals surface area (Å²) in [5.41, 5.74) is 5.54. The zero-order valence-electron chi connectivity index (χ0n) is 20.2. The molecular formula is C29H34N4O. The minimum absolute atomic E-state index is 0.0359. The van der Waals surface area contributed by atoms with E-state index in [1.165, 1.54) is 36.8 Å². The van der Waals surface area contributed by atoms with Crippen molar-refractivity contribution in [1.82, 2.24) is 20.5 Å². The summed E-state index contributed by atoms with van der Waals surface area (Å²) in [5.74, 6) is 2.17. The van der Waals surface area contributed by atoms with Crippen molar-refractivity contribution in [3.63, 3.8) is 0 Å². The van der Waals surface area contributed by atoms with E-state index >= 15 is 0 Å². The van der Waals surface area contributed by atoms with E-state index in [1.807, 2.05) is 12.4 Å². The van der Waals surface area contributed by atoms with Crippen LogP contribution >= 0.6 is 0 Å². The molecule has 0 aromatic carbocycles. The Labute approximate surface area is 202 Å². The summed E-state index contributed by atoms with van der Waals surface area (Å²) in [5, 5.41) is 10.9. The number of pyridine rings is 1. The molecule has 2 aromatic heterocycles. The smallest absolute Gasteiger partial charge is 0.253 e. The lowest BCUT2D eigenvalue weighted by Crippen LogP contribution is -2.51. The summed E-state index contributed by atoms with van der Waals surface area (Å²) in [4.78, 5) is 17.1. The van der Waals surface area contributed by atoms with Crippen LogP contribution in [0, 0.1) is 28.6 Å². The molecule has 4 aliphatic rings. The van der Waals surface area contributed by atoms with Gasteiger partial charge in [0.2, 0.25) is 0 Å². The van der Waals surface area contributed by atoms with Gasteiger partial charge >= 0.3 is 0 Å². The molecule has 2 aromatic rings. The molecule has 1 amide bonds. The van der Waals surface area contributed by atoms with Crippen LogP contribution in [0.3, 0.4) is 0 Å². The highest BCUT2D eigenvalue weighted by atomic mass is 16.1. The summed E-state index contributed by atoms with van der Waals surface area (Å²) in [6.07, 6.45) is 20.2. The van der Waals surface area contributed by atoms with Gasteiger partial charge in [0.05, 0.1) is 18.0 Å². The third-order valence-electron chi connectivity index (χ3n) is 9.84. The summed E-state index contributed by atoms with van der Waals surface area (Å²) in [6, 6.07) is 6.23. The second kappa shape index (κ2) is 8.14. The Hall–Kier alpha value is -2.82. The maximum atomic E-state index is 12.7. The van der Waals surface area contributed by atoms with Crippen LogP contribution in [-0.4, -0.2) is 27.1 Å². The van der Waals surface area contributed by atoms with Crippen LogP contribution in [-0.2, 0) is 0 Å². The molecular weight excluding hydrogens is 420 g/mol. The molecule has 6 atom stereocenters. The Morgan fingerprint density at radius 2 is 1.85 bits per heavy atom. The first-order chi connectivity index (χ1) is 16.5. The van der Waals surface area contributed by atoms with Crippen LogP contribution in [0.1, 0.15) is 74.7 Å². The second-order valence-electron chi connectivity index (χ2n) is 11.4. The molecule has 5 nitrogen and oxygen atoms in total. The molecule has 34 heavy (non-hydrogen) atoms. The monoisotopic (exact) mass is 454 g/mol. The minimum Gasteiger partial charge on any atom is -0.349 e. The second-order valence-corrected chi connectivity index (χ2v) is 11.4. The van der Waals surface area contributed by atoms with Crippen molar-refractivity contribution in [1.29, 1.82) is 0 Å². The molecule has 5 heteroatoms. The van der Waals surface area contributed by atoms with Gasteiger partial charge < -0.3 is 5.32 Å². The molecule has 0 radical (unpaired) electrons. The highest BCUT2D eigenvalue weighted by molar-refractivity contribution is 5.93. The van der Waals surface area contributed by atoms with E-state index in [0.29, 0.717) is 11.5 Å². The fourth-order valence-electron chi connectivity index (χ4n) is 8.01. The lowest BCUT2D eigenvalue weighted by atomic mass is 9.47. The Balaban J connectivity index is 1.20. The van der Waals surface area contributed by atoms with Gasteiger partial charge in [0, 0.05) is 18.4 Å². The molecule has 0 aliphatic heterocycles. The third-order valence-corrected chi connectivity index (χ3v) is 9.84. The molecule has 2 fully saturated rings. The summed E-state index contributed by atoms with van der Waals surface area (Å²) >= 11 is 0. The summed E-state index contributed by atoms with van der Waals surface area (Å²) < 4.78 is 0. The van der Waals surface area contributed by atoms with Gasteiger partial charge in [-0.25, -0.2) is 0 Å². The molecule has 2 saturated carbocycles. The minimum atomic E-state index is -0.0359. The number of fused-ring (bicyclic) bond motifs is 5. The zero-order chi connectivity index (χ0) is 23.3. The van der Waals surface area contributed by atoms with Gasteiger partial charge in [-0.1, -0.05) is 37.6 Å². The zero-order valence-corrected chi connectivity index (χ0v) is 20.2. The van der Waals surface area contributed by atoms with Crippen molar-refractivity contribution >= 4 is 11.5 Å². The summed E-state index contributed by atoms with van der Waals surface area (Å²) in [7, 11) is 0. The predicted molar refractivity (Wildman–Crippen MR) is 133 cm³/mol. The van der Waals surface area contributed by atoms with Gasteiger partial charge in [-0.2, -0.15) is 10.2 Å². The van der Waals surface area contributed by atoms with Crippen molar-refractivity contribution < 1.29 is 4.79 Å². The largest absolute Gasteiger partial charge is 0.349 e. The van der Waals surface area contributed by atoms with Gasteiger partial charge in [0.1, 0.15) is 0 Å². The molecule has 176 valence electrons. The van der Waals surface area contributed by atoms with E-state index in [9.17, 15) is 4.79 Å². The maximum absolute atomic E-state index is 12.7. The van der Waals surface area contributed by atoms with Crippen LogP contribution < -0.4 is 5.32 Å². The topological polar surface area (TPSA) is 67.8 Å². The lowest BCUT2D eigenvalue weighted by Gasteiger charge is -2.58. The van der Waals surface area contributed by atoms with Crippen LogP contribution in [0.4, 0.5) is 0 Å². The maximum Gasteiger partial charge on any atom is 0.253 e. The van der Waals surface area contributed by atoms with Crippen molar-refractivity contribution in [3.05, 3.63) is 71.8 Å². The SMILES string of the molecule is C[C@]12CC[C@H](NC(=O)c3ccnnc3)CC1=CCC1C2CC[C@]2(C)C(c3cccnc3)=CCC12. The van der Waals surface area contributed by atoms with Crippen LogP contribution in [0.5, 0.6) is 0 Å². The van der Waals surface area contributed by atoms with Crippen molar-refractivity contribution in [2.24, 2.45) is 28.6 Å². The average molecular weight is 455 g/mol. The molecule has 0 bridgehead atoms. The number of carbonyl (C=O) groups is 1. The first-order valence-electron chi connectivity index (χ1n) is 12.9. The lowest BCUT2D eigenvalue weighted by molar-refractivity contribution is -0.0123. The van der Waals surface area contributed by atoms with Gasteiger partial charge in [0.15, 0.2) is 0 Å². The quantitative estimate of drug-likeness (QED) is 0.611. The predicted octanol–water partition coefficient (Wildman–Crippen LogP) is 5.63. The number of nitrogens with one attached hydrogen (secondary N) is 1. The van der Waals surface area contributed by atoms with E-state index in [0.717, 1.165) is 31.1 Å². The Kier molecular flexibility index (Phi) is 5.20. The normalized spacial score (nSPS) is 36.4. The molecule has 0 spiro atoms. The fraction of sp³-hybridized carbons (Fsp3) is 0.517. The van der Waals surface area contributed by atoms with Gasteiger partial charge in [-0.05, 0) is 96.8 Å². The molecule has 3 unspecified atom stereocenters. The number of hydrogen-bond donors (Lipinski definition) is 1. The average Bonchev–Trinajstić information content (AvgIpc) is 3.22. The molecule has 1 N–H and O–H groups in total. The number of carbonyl (C=O) groups excluding carboxylic acids is 1. The number of amides is 1. The molecule has 4 aliphatic carbocycles. The van der Waals surface area contributed by atoms with E-state index in [2.05, 4.69) is 58.6 Å². The van der Waals surface area contributed by atoms with Crippen molar-refractivity contribution in [2.45, 2.75) is 64.8 Å². The Morgan fingerprint density at radius 1 is 0.971 bits per heavy atom. The first-order valence-corrected chi connectivity index (χ1v) is 12.9. The van der Waals surface area contributed by atoms with E-state index in [-0.39, 0.29) is 22.8 Å². The number of aromatic nitrogens is 3. The molecule has 0 saturated heterocycles. The van der Waals surface area contributed by atoms with Gasteiger partial charge in [-0.3, -0.25) is 9.78 Å². The molecule has 6 rings (SSSR count). The van der Waals surface area contributed by atoms with E-state index in [4.69, 9.17) is 0 Å². The van der Waals surface area contributed by atoms with E-state index in [1.54, 1.807) is 24.0 Å². The van der Waals surface area contributed by atoms with Gasteiger partial charge in [-0.15, -0.1) is 0 Å². The molecule has 2 heterocycles. The van der Waals surface area contributed by atoms with Crippen molar-refractivity contribution in [2.75, 3.05) is 0 Å². The van der Waals surface area contributed by atoms with Crippen LogP contribution in [0.2, 0.25) is 0 Å². The highest BCUT2D eigenvalue weighted by Crippen LogP contribution is 2.66. The number of hydrogen-bond acceptors (Lipinski definition) is 4. The number of nitrogens with zero attached hydrogens (tertiary/aromatic N) is 3. The number of rotatable bonds is 3. The van der Waals surface area contributed by atoms with Gasteiger partial charge in [0.25, 0.3) is 5.91 Å². The third kappa shape index (κ3) is 3.35. The highest BCUT2D eigenvalue weighted by Gasteiger charge is 2.56. The standard InChI is InChI=1S/C29H34N4O/c1-28-12-9-22(33-27(34)20-11-15-31-32-18-20)16-21(28)5-6-23-25-8-7-24(19-4-3-14-30-17-19)29(25,2)13-10-26(23)28/h3-5,7,11,14-15,17-18,22-23,25-26H,6,8-10,12-13,16H2,1-2H3,(H,33,34)/t22-,23?,25?,26?,28-,29+/m0/s1. The van der Waals surface area contributed by atoms with Crippen molar-refractivity contribution in [3.8, 4) is 0 Å². The number of allylic oxidation sites excluding steroid dienone is 3. The Morgan fingerprint density at radius 3 is 2.65 bits per heavy atom. The van der Waals surface area contributed by atoms with Crippen LogP contribution in [0.15, 0.2) is 60.7 Å². The van der Waals surface area contributed by atoms with Crippen LogP contribution in [0.25, 0.3) is 5.57 Å². The first kappa shape index (κ1) is 21.7.